The van der Waals surface area contributed by atoms with Crippen molar-refractivity contribution in [3.8, 4) is 0 Å². The van der Waals surface area contributed by atoms with Crippen LogP contribution in [-0.4, -0.2) is 64.2 Å². The lowest BCUT2D eigenvalue weighted by atomic mass is 9.97. The summed E-state index contributed by atoms with van der Waals surface area (Å²) in [4.78, 5) is 0. The Bertz CT molecular complexity index is 179. The number of hydrogen-bond donors (Lipinski definition) is 5. The van der Waals surface area contributed by atoms with Gasteiger partial charge in [-0.1, -0.05) is 6.92 Å². The lowest BCUT2D eigenvalue weighted by Gasteiger charge is -2.40. The van der Waals surface area contributed by atoms with Crippen molar-refractivity contribution in [2.45, 2.75) is 37.6 Å². The van der Waals surface area contributed by atoms with Crippen LogP contribution in [0.15, 0.2) is 0 Å². The quantitative estimate of drug-likeness (QED) is 0.348. The summed E-state index contributed by atoms with van der Waals surface area (Å²) in [6.07, 6.45) is -4.48. The number of likely N-dealkylation sites (N-methyl/N-ethyl adjacent to an activating group) is 1. The van der Waals surface area contributed by atoms with Crippen LogP contribution >= 0.6 is 0 Å². The number of rotatable bonds is 3. The molecule has 1 heterocycles. The number of nitrogens with one attached hydrogen (secondary N) is 1. The van der Waals surface area contributed by atoms with E-state index in [2.05, 4.69) is 5.32 Å². The van der Waals surface area contributed by atoms with Gasteiger partial charge in [0.05, 0.1) is 12.6 Å². The number of aliphatic hydroxyl groups is 4. The summed E-state index contributed by atoms with van der Waals surface area (Å²) >= 11 is 0. The van der Waals surface area contributed by atoms with Crippen LogP contribution in [-0.2, 0) is 4.74 Å². The van der Waals surface area contributed by atoms with Crippen molar-refractivity contribution in [2.75, 3.05) is 13.2 Å². The third-order valence-electron chi connectivity index (χ3n) is 2.34. The van der Waals surface area contributed by atoms with Crippen molar-refractivity contribution in [2.24, 2.45) is 0 Å². The first-order valence-corrected chi connectivity index (χ1v) is 4.65. The fourth-order valence-electron chi connectivity index (χ4n) is 1.55. The number of aliphatic hydroxyl groups excluding tert-OH is 4. The first-order valence-electron chi connectivity index (χ1n) is 4.65. The van der Waals surface area contributed by atoms with Crippen LogP contribution in [0.2, 0.25) is 0 Å². The zero-order valence-corrected chi connectivity index (χ0v) is 8.00. The van der Waals surface area contributed by atoms with E-state index in [1.165, 1.54) is 0 Å². The lowest BCUT2D eigenvalue weighted by Crippen LogP contribution is -2.63. The summed E-state index contributed by atoms with van der Waals surface area (Å²) in [6.45, 7) is 1.91. The second kappa shape index (κ2) is 5.01. The molecule has 0 aliphatic carbocycles. The van der Waals surface area contributed by atoms with Gasteiger partial charge in [0, 0.05) is 0 Å². The van der Waals surface area contributed by atoms with Crippen LogP contribution in [0.4, 0.5) is 0 Å². The predicted octanol–water partition coefficient (Wildman–Crippen LogP) is -2.60. The largest absolute Gasteiger partial charge is 0.394 e. The van der Waals surface area contributed by atoms with E-state index in [1.54, 1.807) is 0 Å². The summed E-state index contributed by atoms with van der Waals surface area (Å²) in [5, 5.41) is 40.0. The third kappa shape index (κ3) is 2.22. The van der Waals surface area contributed by atoms with Crippen molar-refractivity contribution in [3.63, 3.8) is 0 Å². The van der Waals surface area contributed by atoms with E-state index in [0.717, 1.165) is 0 Å². The highest BCUT2D eigenvalue weighted by atomic mass is 16.6. The van der Waals surface area contributed by atoms with E-state index in [4.69, 9.17) is 9.84 Å². The normalized spacial score (nSPS) is 43.9. The average molecular weight is 207 g/mol. The Labute approximate surface area is 82.1 Å². The van der Waals surface area contributed by atoms with Gasteiger partial charge in [0.25, 0.3) is 0 Å². The molecule has 5 atom stereocenters. The fraction of sp³-hybridized carbons (Fsp3) is 1.00. The maximum atomic E-state index is 9.58. The predicted molar refractivity (Wildman–Crippen MR) is 47.4 cm³/mol. The second-order valence-electron chi connectivity index (χ2n) is 3.31. The Balaban J connectivity index is 2.63. The molecule has 0 unspecified atom stereocenters. The van der Waals surface area contributed by atoms with Crippen molar-refractivity contribution in [1.82, 2.24) is 5.32 Å². The molecule has 1 rings (SSSR count). The molecule has 0 aromatic rings. The molecule has 1 fully saturated rings. The van der Waals surface area contributed by atoms with Gasteiger partial charge in [-0.25, -0.2) is 0 Å². The molecule has 84 valence electrons. The van der Waals surface area contributed by atoms with E-state index in [-0.39, 0.29) is 0 Å². The first-order chi connectivity index (χ1) is 6.61. The van der Waals surface area contributed by atoms with Crippen molar-refractivity contribution < 1.29 is 25.2 Å². The SMILES string of the molecule is CCN[C@@H]1[C@@H](O)[C@H](O)[C@@H](CO)O[C@H]1O. The minimum atomic E-state index is -1.22. The smallest absolute Gasteiger partial charge is 0.173 e. The van der Waals surface area contributed by atoms with Crippen LogP contribution in [0, 0.1) is 0 Å². The van der Waals surface area contributed by atoms with Crippen LogP contribution in [0.3, 0.4) is 0 Å². The Morgan fingerprint density at radius 2 is 1.86 bits per heavy atom. The Morgan fingerprint density at radius 3 is 2.36 bits per heavy atom. The van der Waals surface area contributed by atoms with Gasteiger partial charge in [-0.15, -0.1) is 0 Å². The molecule has 1 aliphatic rings. The van der Waals surface area contributed by atoms with E-state index in [9.17, 15) is 15.3 Å². The van der Waals surface area contributed by atoms with E-state index in [1.807, 2.05) is 6.92 Å². The first kappa shape index (κ1) is 11.8. The second-order valence-corrected chi connectivity index (χ2v) is 3.31. The van der Waals surface area contributed by atoms with Crippen LogP contribution in [0.25, 0.3) is 0 Å². The van der Waals surface area contributed by atoms with Gasteiger partial charge in [-0.05, 0) is 6.54 Å². The highest BCUT2D eigenvalue weighted by Crippen LogP contribution is 2.19. The molecule has 1 aliphatic heterocycles. The van der Waals surface area contributed by atoms with Crippen LogP contribution < -0.4 is 5.32 Å². The summed E-state index contributed by atoms with van der Waals surface area (Å²) in [7, 11) is 0. The maximum absolute atomic E-state index is 9.58. The molecule has 0 spiro atoms. The molecule has 14 heavy (non-hydrogen) atoms. The molecule has 0 aromatic heterocycles. The minimum absolute atomic E-state index is 0.436. The summed E-state index contributed by atoms with van der Waals surface area (Å²) in [6, 6.07) is -0.724. The van der Waals surface area contributed by atoms with Crippen LogP contribution in [0.1, 0.15) is 6.92 Å². The molecule has 6 nitrogen and oxygen atoms in total. The lowest BCUT2D eigenvalue weighted by molar-refractivity contribution is -0.254. The van der Waals surface area contributed by atoms with E-state index < -0.39 is 37.3 Å². The van der Waals surface area contributed by atoms with Gasteiger partial charge in [-0.3, -0.25) is 0 Å². The Kier molecular flexibility index (Phi) is 4.24. The van der Waals surface area contributed by atoms with Gasteiger partial charge in [0.2, 0.25) is 0 Å². The monoisotopic (exact) mass is 207 g/mol. The van der Waals surface area contributed by atoms with Crippen LogP contribution in [0.5, 0.6) is 0 Å². The molecule has 1 saturated heterocycles. The van der Waals surface area contributed by atoms with Gasteiger partial charge in [0.1, 0.15) is 18.3 Å². The van der Waals surface area contributed by atoms with Crippen molar-refractivity contribution in [1.29, 1.82) is 0 Å². The topological polar surface area (TPSA) is 102 Å². The molecule has 6 heteroatoms. The highest BCUT2D eigenvalue weighted by Gasteiger charge is 2.42. The number of ether oxygens (including phenoxy) is 1. The molecule has 5 N–H and O–H groups in total. The minimum Gasteiger partial charge on any atom is -0.394 e. The average Bonchev–Trinajstić information content (AvgIpc) is 2.18. The molecular formula is C8H17NO5. The molecule has 0 radical (unpaired) electrons. The zero-order chi connectivity index (χ0) is 10.7. The number of hydrogen-bond acceptors (Lipinski definition) is 6. The van der Waals surface area contributed by atoms with Gasteiger partial charge >= 0.3 is 0 Å². The van der Waals surface area contributed by atoms with E-state index in [0.29, 0.717) is 6.54 Å². The van der Waals surface area contributed by atoms with Gasteiger partial charge in [0.15, 0.2) is 6.29 Å². The fourth-order valence-corrected chi connectivity index (χ4v) is 1.55. The molecule has 0 bridgehead atoms. The molecule has 0 aromatic carbocycles. The summed E-state index contributed by atoms with van der Waals surface area (Å²) < 4.78 is 4.92. The highest BCUT2D eigenvalue weighted by molar-refractivity contribution is 4.92. The zero-order valence-electron chi connectivity index (χ0n) is 8.00. The summed E-state index contributed by atoms with van der Waals surface area (Å²) in [5.41, 5.74) is 0. The van der Waals surface area contributed by atoms with Gasteiger partial charge in [-0.2, -0.15) is 0 Å². The maximum Gasteiger partial charge on any atom is 0.173 e. The Morgan fingerprint density at radius 1 is 1.21 bits per heavy atom. The molecule has 0 amide bonds. The molecular weight excluding hydrogens is 190 g/mol. The standard InChI is InChI=1S/C8H17NO5/c1-2-9-5-7(12)6(11)4(3-10)14-8(5)13/h4-13H,2-3H2,1H3/t4-,5-,6-,7-,8-/m1/s1. The van der Waals surface area contributed by atoms with E-state index >= 15 is 0 Å². The van der Waals surface area contributed by atoms with Gasteiger partial charge < -0.3 is 30.5 Å². The molecule has 0 saturated carbocycles. The Hall–Kier alpha value is -0.240. The third-order valence-corrected chi connectivity index (χ3v) is 2.34. The summed E-state index contributed by atoms with van der Waals surface area (Å²) in [5.74, 6) is 0. The van der Waals surface area contributed by atoms with Crippen molar-refractivity contribution >= 4 is 0 Å². The van der Waals surface area contributed by atoms with Crippen molar-refractivity contribution in [3.05, 3.63) is 0 Å².